The largest absolute Gasteiger partial charge is 0.208 e. The molecule has 6 aromatic carbocycles. The molecule has 58 heavy (non-hydrogen) atoms. The zero-order valence-electron chi connectivity index (χ0n) is 32.7. The summed E-state index contributed by atoms with van der Waals surface area (Å²) in [6.45, 7) is 4.65. The molecule has 0 N–H and O–H groups in total. The number of rotatable bonds is 5. The number of nitriles is 1. The topological polar surface area (TPSA) is 62.5 Å². The average Bonchev–Trinajstić information content (AvgIpc) is 3.75. The molecule has 0 spiro atoms. The highest BCUT2D eigenvalue weighted by atomic mass is 32.1. The monoisotopic (exact) mass is 766 g/mol. The van der Waals surface area contributed by atoms with Gasteiger partial charge in [-0.1, -0.05) is 123 Å². The van der Waals surface area contributed by atoms with Gasteiger partial charge in [0.1, 0.15) is 0 Å². The van der Waals surface area contributed by atoms with Crippen LogP contribution in [0.15, 0.2) is 133 Å². The number of fused-ring (bicyclic) bond motifs is 6. The van der Waals surface area contributed by atoms with Gasteiger partial charge < -0.3 is 0 Å². The second-order valence-corrected chi connectivity index (χ2v) is 19.0. The first-order valence-electron chi connectivity index (χ1n) is 20.9. The van der Waals surface area contributed by atoms with E-state index in [0.717, 1.165) is 34.1 Å². The van der Waals surface area contributed by atoms with Crippen molar-refractivity contribution in [2.24, 2.45) is 23.7 Å². The van der Waals surface area contributed by atoms with Crippen LogP contribution in [0.2, 0.25) is 0 Å². The molecule has 5 aliphatic carbocycles. The van der Waals surface area contributed by atoms with Gasteiger partial charge in [-0.25, -0.2) is 15.0 Å². The predicted octanol–water partition coefficient (Wildman–Crippen LogP) is 13.2. The molecule has 4 saturated carbocycles. The van der Waals surface area contributed by atoms with E-state index in [1.807, 2.05) is 23.5 Å². The van der Waals surface area contributed by atoms with Gasteiger partial charge in [-0.05, 0) is 113 Å². The highest BCUT2D eigenvalue weighted by Crippen LogP contribution is 2.66. The molecular formula is C53H42N4S. The SMILES string of the molecule is CC1(C)c2ccccc2-c2c(-c3nc(-c4ccccc4)nc(-c4cccc(C5(c6cccc7sc8cc(C#N)ccc8c67)C6CC7CC(C6)CC5C7)c4)n3)cccc21. The van der Waals surface area contributed by atoms with E-state index in [2.05, 4.69) is 141 Å². The van der Waals surface area contributed by atoms with Gasteiger partial charge in [-0.2, -0.15) is 5.26 Å². The summed E-state index contributed by atoms with van der Waals surface area (Å²) in [6, 6.07) is 50.8. The van der Waals surface area contributed by atoms with Crippen molar-refractivity contribution in [2.75, 3.05) is 0 Å². The molecule has 4 bridgehead atoms. The lowest BCUT2D eigenvalue weighted by Gasteiger charge is -2.62. The number of nitrogens with zero attached hydrogens (tertiary/aromatic N) is 4. The number of aromatic nitrogens is 3. The fourth-order valence-corrected chi connectivity index (χ4v) is 13.6. The van der Waals surface area contributed by atoms with Crippen LogP contribution >= 0.6 is 11.3 Å². The van der Waals surface area contributed by atoms with Crippen LogP contribution in [0.25, 0.3) is 65.5 Å². The highest BCUT2D eigenvalue weighted by molar-refractivity contribution is 7.25. The van der Waals surface area contributed by atoms with Crippen molar-refractivity contribution in [1.29, 1.82) is 5.26 Å². The smallest absolute Gasteiger partial charge is 0.164 e. The summed E-state index contributed by atoms with van der Waals surface area (Å²) in [7, 11) is 0. The Kier molecular flexibility index (Phi) is 7.36. The van der Waals surface area contributed by atoms with Gasteiger partial charge in [0.25, 0.3) is 0 Å². The third-order valence-electron chi connectivity index (χ3n) is 14.6. The van der Waals surface area contributed by atoms with Gasteiger partial charge in [0, 0.05) is 47.7 Å². The summed E-state index contributed by atoms with van der Waals surface area (Å²) in [6.07, 6.45) is 6.50. The molecule has 0 radical (unpaired) electrons. The van der Waals surface area contributed by atoms with Gasteiger partial charge in [-0.3, -0.25) is 0 Å². The van der Waals surface area contributed by atoms with Gasteiger partial charge in [0.05, 0.1) is 11.6 Å². The van der Waals surface area contributed by atoms with Crippen LogP contribution in [0.3, 0.4) is 0 Å². The van der Waals surface area contributed by atoms with Crippen LogP contribution in [0, 0.1) is 35.0 Å². The molecule has 0 atom stereocenters. The molecule has 2 aromatic heterocycles. The molecule has 0 amide bonds. The molecule has 2 heterocycles. The Morgan fingerprint density at radius 2 is 1.21 bits per heavy atom. The Balaban J connectivity index is 1.08. The van der Waals surface area contributed by atoms with Crippen molar-refractivity contribution in [2.45, 2.75) is 56.8 Å². The summed E-state index contributed by atoms with van der Waals surface area (Å²) in [4.78, 5) is 16.0. The molecule has 0 unspecified atom stereocenters. The molecule has 0 aliphatic heterocycles. The molecular weight excluding hydrogens is 725 g/mol. The van der Waals surface area contributed by atoms with Gasteiger partial charge in [0.2, 0.25) is 0 Å². The summed E-state index contributed by atoms with van der Waals surface area (Å²) in [5, 5.41) is 12.4. The van der Waals surface area contributed by atoms with Crippen LogP contribution in [-0.4, -0.2) is 15.0 Å². The first-order chi connectivity index (χ1) is 28.4. The van der Waals surface area contributed by atoms with Crippen LogP contribution in [0.5, 0.6) is 0 Å². The lowest BCUT2D eigenvalue weighted by atomic mass is 9.42. The molecule has 13 rings (SSSR count). The maximum Gasteiger partial charge on any atom is 0.164 e. The zero-order chi connectivity index (χ0) is 38.8. The Hall–Kier alpha value is -5.96. The van der Waals surface area contributed by atoms with Crippen molar-refractivity contribution in [3.8, 4) is 51.4 Å². The molecule has 280 valence electrons. The minimum Gasteiger partial charge on any atom is -0.208 e. The van der Waals surface area contributed by atoms with Gasteiger partial charge >= 0.3 is 0 Å². The second-order valence-electron chi connectivity index (χ2n) is 17.9. The van der Waals surface area contributed by atoms with E-state index in [4.69, 9.17) is 15.0 Å². The first kappa shape index (κ1) is 34.1. The quantitative estimate of drug-likeness (QED) is 0.175. The minimum atomic E-state index is -0.140. The molecule has 4 fully saturated rings. The van der Waals surface area contributed by atoms with Crippen molar-refractivity contribution >= 4 is 31.5 Å². The Morgan fingerprint density at radius 1 is 0.569 bits per heavy atom. The molecule has 5 aliphatic rings. The molecule has 0 saturated heterocycles. The standard InChI is InChI=1S/C53H42N4S/c1-52(2)42-17-7-6-15-39(42)47-41(16-9-18-43(47)52)51-56-49(34-11-4-3-5-12-34)55-50(57-51)35-13-8-14-36(29-35)53(37-24-32-23-33(26-37)27-38(53)25-32)44-19-10-20-45-48(44)40-22-21-31(30-54)28-46(40)58-45/h3-22,28-29,32-33,37-38H,23-27H2,1-2H3. The second kappa shape index (κ2) is 12.5. The maximum atomic E-state index is 9.78. The van der Waals surface area contributed by atoms with E-state index in [9.17, 15) is 5.26 Å². The van der Waals surface area contributed by atoms with Crippen molar-refractivity contribution in [3.63, 3.8) is 0 Å². The minimum absolute atomic E-state index is 0.129. The number of hydrogen-bond acceptors (Lipinski definition) is 5. The fourth-order valence-electron chi connectivity index (χ4n) is 12.4. The van der Waals surface area contributed by atoms with Crippen LogP contribution in [-0.2, 0) is 10.8 Å². The zero-order valence-corrected chi connectivity index (χ0v) is 33.6. The fraction of sp³-hybridized carbons (Fsp3) is 0.245. The van der Waals surface area contributed by atoms with E-state index < -0.39 is 0 Å². The summed E-state index contributed by atoms with van der Waals surface area (Å²) < 4.78 is 2.50. The normalized spacial score (nSPS) is 23.5. The van der Waals surface area contributed by atoms with Gasteiger partial charge in [-0.15, -0.1) is 11.3 Å². The van der Waals surface area contributed by atoms with E-state index in [0.29, 0.717) is 29.3 Å². The van der Waals surface area contributed by atoms with E-state index >= 15 is 0 Å². The van der Waals surface area contributed by atoms with E-state index in [1.54, 1.807) is 0 Å². The molecule has 8 aromatic rings. The third kappa shape index (κ3) is 4.82. The predicted molar refractivity (Wildman–Crippen MR) is 236 cm³/mol. The van der Waals surface area contributed by atoms with Crippen molar-refractivity contribution in [1.82, 2.24) is 15.0 Å². The lowest BCUT2D eigenvalue weighted by Crippen LogP contribution is -2.56. The summed E-state index contributed by atoms with van der Waals surface area (Å²) in [5.41, 5.74) is 11.5. The molecule has 5 heteroatoms. The van der Waals surface area contributed by atoms with Gasteiger partial charge in [0.15, 0.2) is 17.5 Å². The van der Waals surface area contributed by atoms with Crippen LogP contribution in [0.1, 0.15) is 73.8 Å². The van der Waals surface area contributed by atoms with Crippen LogP contribution in [0.4, 0.5) is 0 Å². The first-order valence-corrected chi connectivity index (χ1v) is 21.7. The van der Waals surface area contributed by atoms with E-state index in [-0.39, 0.29) is 10.8 Å². The summed E-state index contributed by atoms with van der Waals surface area (Å²) >= 11 is 1.83. The Morgan fingerprint density at radius 3 is 2.00 bits per heavy atom. The maximum absolute atomic E-state index is 9.78. The Labute approximate surface area is 343 Å². The average molecular weight is 767 g/mol. The van der Waals surface area contributed by atoms with E-state index in [1.165, 1.54) is 85.7 Å². The number of hydrogen-bond donors (Lipinski definition) is 0. The van der Waals surface area contributed by atoms with Crippen molar-refractivity contribution < 1.29 is 0 Å². The number of thiophene rings is 1. The van der Waals surface area contributed by atoms with Crippen molar-refractivity contribution in [3.05, 3.63) is 161 Å². The summed E-state index contributed by atoms with van der Waals surface area (Å²) in [5.74, 6) is 4.84. The highest BCUT2D eigenvalue weighted by Gasteiger charge is 2.59. The number of benzene rings is 6. The molecule has 4 nitrogen and oxygen atoms in total. The van der Waals surface area contributed by atoms with Crippen LogP contribution < -0.4 is 0 Å². The lowest BCUT2D eigenvalue weighted by molar-refractivity contribution is -0.0411. The Bertz CT molecular complexity index is 3000. The third-order valence-corrected chi connectivity index (χ3v) is 15.7.